The highest BCUT2D eigenvalue weighted by Crippen LogP contribution is 2.28. The fourth-order valence-electron chi connectivity index (χ4n) is 4.13. The summed E-state index contributed by atoms with van der Waals surface area (Å²) in [6.45, 7) is 1.20. The first-order valence-electron chi connectivity index (χ1n) is 11.5. The number of rotatable bonds is 7. The lowest BCUT2D eigenvalue weighted by atomic mass is 10.1. The summed E-state index contributed by atoms with van der Waals surface area (Å²) in [7, 11) is 0. The topological polar surface area (TPSA) is 89.5 Å². The van der Waals surface area contributed by atoms with Crippen molar-refractivity contribution in [1.82, 2.24) is 24.8 Å². The van der Waals surface area contributed by atoms with E-state index in [1.807, 2.05) is 41.3 Å². The Morgan fingerprint density at radius 3 is 2.39 bits per heavy atom. The van der Waals surface area contributed by atoms with Gasteiger partial charge in [0.2, 0.25) is 11.8 Å². The number of piperazine rings is 1. The number of ether oxygens (including phenoxy) is 1. The van der Waals surface area contributed by atoms with Gasteiger partial charge in [0.25, 0.3) is 5.95 Å². The molecule has 1 amide bonds. The number of nitrogens with zero attached hydrogens (tertiary/aromatic N) is 6. The average molecular weight is 495 g/mol. The zero-order chi connectivity index (χ0) is 25.1. The maximum absolute atomic E-state index is 13.2. The zero-order valence-corrected chi connectivity index (χ0v) is 19.6. The molecule has 2 aromatic heterocycles. The van der Waals surface area contributed by atoms with Crippen LogP contribution in [-0.2, 0) is 11.3 Å². The maximum atomic E-state index is 13.2. The minimum Gasteiger partial charge on any atom is -0.435 e. The van der Waals surface area contributed by atoms with Crippen molar-refractivity contribution in [3.63, 3.8) is 0 Å². The summed E-state index contributed by atoms with van der Waals surface area (Å²) < 4.78 is 36.1. The summed E-state index contributed by atoms with van der Waals surface area (Å²) in [4.78, 5) is 21.2. The van der Waals surface area contributed by atoms with Crippen molar-refractivity contribution in [1.29, 1.82) is 0 Å². The van der Waals surface area contributed by atoms with Crippen LogP contribution in [0.3, 0.4) is 0 Å². The van der Waals surface area contributed by atoms with Crippen molar-refractivity contribution in [3.8, 4) is 28.3 Å². The predicted molar refractivity (Wildman–Crippen MR) is 128 cm³/mol. The van der Waals surface area contributed by atoms with Crippen LogP contribution >= 0.6 is 0 Å². The summed E-state index contributed by atoms with van der Waals surface area (Å²) >= 11 is 0. The smallest absolute Gasteiger partial charge is 0.387 e. The second-order valence-corrected chi connectivity index (χ2v) is 8.32. The lowest BCUT2D eigenvalue weighted by Crippen LogP contribution is -2.50. The number of hydrogen-bond acceptors (Lipinski definition) is 7. The fraction of sp³-hybridized carbons (Fsp3) is 0.280. The number of aromatic nitrogens is 4. The second kappa shape index (κ2) is 10.1. The normalized spacial score (nSPS) is 13.9. The first-order chi connectivity index (χ1) is 17.5. The summed E-state index contributed by atoms with van der Waals surface area (Å²) in [6.07, 6.45) is 0. The van der Waals surface area contributed by atoms with Gasteiger partial charge in [0.1, 0.15) is 12.3 Å². The molecule has 0 atom stereocenters. The molecule has 3 heterocycles. The number of benzene rings is 2. The van der Waals surface area contributed by atoms with E-state index in [1.54, 1.807) is 28.6 Å². The Morgan fingerprint density at radius 2 is 1.75 bits per heavy atom. The van der Waals surface area contributed by atoms with Gasteiger partial charge in [-0.15, -0.1) is 0 Å². The first-order valence-corrected chi connectivity index (χ1v) is 11.5. The van der Waals surface area contributed by atoms with Crippen molar-refractivity contribution in [2.45, 2.75) is 20.1 Å². The van der Waals surface area contributed by atoms with Crippen molar-refractivity contribution < 1.29 is 22.8 Å². The SMILES string of the molecule is Cc1nc(N2CCN(C(=O)Cn3nc(-c4ccc(OC(F)F)cc4)cc3-c3ccccc3)CC2)no1. The molecule has 4 aromatic rings. The quantitative estimate of drug-likeness (QED) is 0.385. The van der Waals surface area contributed by atoms with E-state index < -0.39 is 6.61 Å². The summed E-state index contributed by atoms with van der Waals surface area (Å²) in [6, 6.07) is 17.8. The molecule has 0 bridgehead atoms. The van der Waals surface area contributed by atoms with Crippen LogP contribution in [0.1, 0.15) is 5.89 Å². The van der Waals surface area contributed by atoms with Crippen LogP contribution in [0, 0.1) is 6.92 Å². The molecule has 1 saturated heterocycles. The molecular weight excluding hydrogens is 470 g/mol. The fourth-order valence-corrected chi connectivity index (χ4v) is 4.13. The number of carbonyl (C=O) groups excluding carboxylic acids is 1. The zero-order valence-electron chi connectivity index (χ0n) is 19.6. The number of halogens is 2. The van der Waals surface area contributed by atoms with Gasteiger partial charge in [-0.2, -0.15) is 18.9 Å². The second-order valence-electron chi connectivity index (χ2n) is 8.32. The summed E-state index contributed by atoms with van der Waals surface area (Å²) in [5, 5.41) is 8.64. The molecule has 1 aliphatic heterocycles. The van der Waals surface area contributed by atoms with E-state index >= 15 is 0 Å². The monoisotopic (exact) mass is 494 g/mol. The highest BCUT2D eigenvalue weighted by atomic mass is 19.3. The average Bonchev–Trinajstić information content (AvgIpc) is 3.51. The van der Waals surface area contributed by atoms with Gasteiger partial charge in [-0.3, -0.25) is 9.48 Å². The van der Waals surface area contributed by atoms with Crippen LogP contribution in [0.5, 0.6) is 5.75 Å². The van der Waals surface area contributed by atoms with E-state index in [0.29, 0.717) is 43.7 Å². The van der Waals surface area contributed by atoms with E-state index in [9.17, 15) is 13.6 Å². The van der Waals surface area contributed by atoms with E-state index in [0.717, 1.165) is 16.8 Å². The van der Waals surface area contributed by atoms with Gasteiger partial charge < -0.3 is 19.1 Å². The molecule has 0 N–H and O–H groups in total. The van der Waals surface area contributed by atoms with Crippen LogP contribution in [0.25, 0.3) is 22.5 Å². The lowest BCUT2D eigenvalue weighted by Gasteiger charge is -2.34. The summed E-state index contributed by atoms with van der Waals surface area (Å²) in [5.41, 5.74) is 3.05. The lowest BCUT2D eigenvalue weighted by molar-refractivity contribution is -0.132. The Hall–Kier alpha value is -4.28. The van der Waals surface area contributed by atoms with Crippen LogP contribution in [-0.4, -0.2) is 63.5 Å². The van der Waals surface area contributed by atoms with Gasteiger partial charge >= 0.3 is 6.61 Å². The van der Waals surface area contributed by atoms with Crippen molar-refractivity contribution in [3.05, 3.63) is 66.6 Å². The minimum absolute atomic E-state index is 0.0496. The van der Waals surface area contributed by atoms with Gasteiger partial charge in [-0.1, -0.05) is 30.3 Å². The number of hydrogen-bond donors (Lipinski definition) is 0. The highest BCUT2D eigenvalue weighted by molar-refractivity contribution is 5.78. The number of aryl methyl sites for hydroxylation is 1. The Kier molecular flexibility index (Phi) is 6.61. The maximum Gasteiger partial charge on any atom is 0.387 e. The largest absolute Gasteiger partial charge is 0.435 e. The van der Waals surface area contributed by atoms with Crippen LogP contribution in [0.15, 0.2) is 65.2 Å². The molecule has 9 nitrogen and oxygen atoms in total. The van der Waals surface area contributed by atoms with Gasteiger partial charge in [-0.05, 0) is 41.1 Å². The van der Waals surface area contributed by atoms with Gasteiger partial charge in [0, 0.05) is 38.7 Å². The highest BCUT2D eigenvalue weighted by Gasteiger charge is 2.25. The first kappa shape index (κ1) is 23.5. The van der Waals surface area contributed by atoms with Crippen LogP contribution < -0.4 is 9.64 Å². The number of anilines is 1. The molecule has 0 radical (unpaired) electrons. The Morgan fingerprint density at radius 1 is 1.03 bits per heavy atom. The van der Waals surface area contributed by atoms with Crippen molar-refractivity contribution >= 4 is 11.9 Å². The molecule has 36 heavy (non-hydrogen) atoms. The van der Waals surface area contributed by atoms with E-state index in [4.69, 9.17) is 4.52 Å². The minimum atomic E-state index is -2.89. The third-order valence-electron chi connectivity index (χ3n) is 5.94. The molecule has 1 fully saturated rings. The van der Waals surface area contributed by atoms with Crippen LogP contribution in [0.4, 0.5) is 14.7 Å². The third-order valence-corrected chi connectivity index (χ3v) is 5.94. The standard InChI is InChI=1S/C25H24F2N6O3/c1-17-28-25(30-36-17)32-13-11-31(12-14-32)23(34)16-33-22(19-5-3-2-4-6-19)15-21(29-33)18-7-9-20(10-8-18)35-24(26)27/h2-10,15,24H,11-14,16H2,1H3. The number of amides is 1. The van der Waals surface area contributed by atoms with E-state index in [-0.39, 0.29) is 18.2 Å². The molecule has 11 heteroatoms. The molecule has 186 valence electrons. The molecule has 0 saturated carbocycles. The van der Waals surface area contributed by atoms with Gasteiger partial charge in [0.15, 0.2) is 0 Å². The van der Waals surface area contributed by atoms with E-state index in [1.165, 1.54) is 12.1 Å². The third kappa shape index (κ3) is 5.19. The van der Waals surface area contributed by atoms with E-state index in [2.05, 4.69) is 20.0 Å². The molecule has 2 aromatic carbocycles. The summed E-state index contributed by atoms with van der Waals surface area (Å²) in [5.74, 6) is 1.06. The number of carbonyl (C=O) groups is 1. The number of alkyl halides is 2. The predicted octanol–water partition coefficient (Wildman–Crippen LogP) is 3.86. The molecule has 5 rings (SSSR count). The molecule has 0 spiro atoms. The molecule has 0 aliphatic carbocycles. The van der Waals surface area contributed by atoms with Crippen LogP contribution in [0.2, 0.25) is 0 Å². The molecule has 1 aliphatic rings. The van der Waals surface area contributed by atoms with Crippen molar-refractivity contribution in [2.75, 3.05) is 31.1 Å². The molecular formula is C25H24F2N6O3. The van der Waals surface area contributed by atoms with Gasteiger partial charge in [-0.25, -0.2) is 0 Å². The molecule has 0 unspecified atom stereocenters. The van der Waals surface area contributed by atoms with Crippen molar-refractivity contribution in [2.24, 2.45) is 0 Å². The Balaban J connectivity index is 1.33. The van der Waals surface area contributed by atoms with Gasteiger partial charge in [0.05, 0.1) is 11.4 Å². The Bertz CT molecular complexity index is 1320. The Labute approximate surface area is 205 Å².